The molecule has 0 radical (unpaired) electrons. The molecule has 1 aromatic carbocycles. The molecule has 0 aliphatic heterocycles. The average Bonchev–Trinajstić information content (AvgIpc) is 2.93. The van der Waals surface area contributed by atoms with E-state index >= 15 is 0 Å². The van der Waals surface area contributed by atoms with Gasteiger partial charge >= 0.3 is 0 Å². The quantitative estimate of drug-likeness (QED) is 0.754. The summed E-state index contributed by atoms with van der Waals surface area (Å²) in [5, 5.41) is 2.80. The summed E-state index contributed by atoms with van der Waals surface area (Å²) in [4.78, 5) is 8.76. The van der Waals surface area contributed by atoms with Gasteiger partial charge in [-0.2, -0.15) is 0 Å². The summed E-state index contributed by atoms with van der Waals surface area (Å²) in [6, 6.07) is 5.94. The van der Waals surface area contributed by atoms with Crippen LogP contribution in [-0.2, 0) is 6.54 Å². The van der Waals surface area contributed by atoms with Gasteiger partial charge in [0.05, 0.1) is 0 Å². The molecular weight excluding hydrogens is 234 g/mol. The molecular formula is C12H11N3OS. The van der Waals surface area contributed by atoms with Crippen LogP contribution in [0.15, 0.2) is 28.0 Å². The Morgan fingerprint density at radius 2 is 2.24 bits per heavy atom. The molecule has 0 aliphatic rings. The Hall–Kier alpha value is -1.72. The van der Waals surface area contributed by atoms with Gasteiger partial charge < -0.3 is 10.2 Å². The van der Waals surface area contributed by atoms with Crippen LogP contribution in [-0.4, -0.2) is 9.97 Å². The maximum absolute atomic E-state index is 5.68. The highest BCUT2D eigenvalue weighted by Gasteiger charge is 2.11. The van der Waals surface area contributed by atoms with E-state index < -0.39 is 0 Å². The SMILES string of the molecule is Cc1ccc2nc(-c3csc(CN)n3)oc2c1. The van der Waals surface area contributed by atoms with Crippen molar-refractivity contribution in [2.75, 3.05) is 0 Å². The maximum Gasteiger partial charge on any atom is 0.247 e. The zero-order valence-corrected chi connectivity index (χ0v) is 10.1. The minimum Gasteiger partial charge on any atom is -0.435 e. The van der Waals surface area contributed by atoms with Gasteiger partial charge in [-0.25, -0.2) is 9.97 Å². The van der Waals surface area contributed by atoms with Gasteiger partial charge in [-0.1, -0.05) is 6.07 Å². The standard InChI is InChI=1S/C12H11N3OS/c1-7-2-3-8-10(4-7)16-12(15-8)9-6-17-11(5-13)14-9/h2-4,6H,5,13H2,1H3. The Morgan fingerprint density at radius 1 is 1.35 bits per heavy atom. The van der Waals surface area contributed by atoms with E-state index in [-0.39, 0.29) is 0 Å². The van der Waals surface area contributed by atoms with Crippen LogP contribution in [0.1, 0.15) is 10.6 Å². The lowest BCUT2D eigenvalue weighted by molar-refractivity contribution is 0.617. The lowest BCUT2D eigenvalue weighted by Gasteiger charge is -1.88. The second-order valence-electron chi connectivity index (χ2n) is 3.82. The molecule has 3 aromatic rings. The smallest absolute Gasteiger partial charge is 0.247 e. The van der Waals surface area contributed by atoms with E-state index in [0.717, 1.165) is 27.4 Å². The molecule has 0 atom stereocenters. The van der Waals surface area contributed by atoms with Crippen LogP contribution < -0.4 is 5.73 Å². The van der Waals surface area contributed by atoms with Crippen molar-refractivity contribution in [3.8, 4) is 11.6 Å². The van der Waals surface area contributed by atoms with Crippen molar-refractivity contribution in [2.24, 2.45) is 5.73 Å². The number of thiazole rings is 1. The molecule has 2 N–H and O–H groups in total. The molecule has 0 saturated carbocycles. The zero-order chi connectivity index (χ0) is 11.8. The molecule has 0 saturated heterocycles. The van der Waals surface area contributed by atoms with Crippen molar-refractivity contribution in [3.63, 3.8) is 0 Å². The third-order valence-corrected chi connectivity index (χ3v) is 3.36. The fourth-order valence-corrected chi connectivity index (χ4v) is 2.29. The van der Waals surface area contributed by atoms with Crippen molar-refractivity contribution < 1.29 is 4.42 Å². The monoisotopic (exact) mass is 245 g/mol. The van der Waals surface area contributed by atoms with E-state index in [1.54, 1.807) is 0 Å². The van der Waals surface area contributed by atoms with Crippen LogP contribution in [0.25, 0.3) is 22.7 Å². The first-order valence-electron chi connectivity index (χ1n) is 5.28. The Labute approximate surface area is 102 Å². The second-order valence-corrected chi connectivity index (χ2v) is 4.76. The number of hydrogen-bond donors (Lipinski definition) is 1. The largest absolute Gasteiger partial charge is 0.435 e. The van der Waals surface area contributed by atoms with E-state index in [2.05, 4.69) is 9.97 Å². The first-order chi connectivity index (χ1) is 8.26. The highest BCUT2D eigenvalue weighted by Crippen LogP contribution is 2.25. The number of benzene rings is 1. The normalized spacial score (nSPS) is 11.2. The van der Waals surface area contributed by atoms with Gasteiger partial charge in [0, 0.05) is 11.9 Å². The Balaban J connectivity index is 2.11. The zero-order valence-electron chi connectivity index (χ0n) is 9.30. The molecule has 2 aromatic heterocycles. The van der Waals surface area contributed by atoms with Crippen molar-refractivity contribution >= 4 is 22.4 Å². The highest BCUT2D eigenvalue weighted by atomic mass is 32.1. The van der Waals surface area contributed by atoms with Crippen molar-refractivity contribution in [1.29, 1.82) is 0 Å². The number of hydrogen-bond acceptors (Lipinski definition) is 5. The van der Waals surface area contributed by atoms with Crippen LogP contribution in [0.3, 0.4) is 0 Å². The molecule has 0 amide bonds. The van der Waals surface area contributed by atoms with Gasteiger partial charge in [-0.3, -0.25) is 0 Å². The minimum absolute atomic E-state index is 0.448. The molecule has 0 spiro atoms. The molecule has 4 nitrogen and oxygen atoms in total. The molecule has 0 aliphatic carbocycles. The molecule has 17 heavy (non-hydrogen) atoms. The van der Waals surface area contributed by atoms with E-state index in [1.807, 2.05) is 30.5 Å². The van der Waals surface area contributed by atoms with Crippen LogP contribution in [0.2, 0.25) is 0 Å². The first-order valence-corrected chi connectivity index (χ1v) is 6.16. The molecule has 86 valence electrons. The number of nitrogens with zero attached hydrogens (tertiary/aromatic N) is 2. The fourth-order valence-electron chi connectivity index (χ4n) is 1.64. The van der Waals surface area contributed by atoms with E-state index in [4.69, 9.17) is 10.2 Å². The van der Waals surface area contributed by atoms with Crippen LogP contribution in [0, 0.1) is 6.92 Å². The molecule has 0 unspecified atom stereocenters. The first kappa shape index (κ1) is 10.4. The van der Waals surface area contributed by atoms with Crippen molar-refractivity contribution in [2.45, 2.75) is 13.5 Å². The van der Waals surface area contributed by atoms with E-state index in [9.17, 15) is 0 Å². The van der Waals surface area contributed by atoms with Gasteiger partial charge in [-0.15, -0.1) is 11.3 Å². The predicted octanol–water partition coefficient (Wildman–Crippen LogP) is 2.72. The van der Waals surface area contributed by atoms with Gasteiger partial charge in [0.25, 0.3) is 0 Å². The van der Waals surface area contributed by atoms with Gasteiger partial charge in [-0.05, 0) is 24.6 Å². The molecule has 5 heteroatoms. The number of aromatic nitrogens is 2. The van der Waals surface area contributed by atoms with Crippen LogP contribution in [0.5, 0.6) is 0 Å². The fraction of sp³-hybridized carbons (Fsp3) is 0.167. The minimum atomic E-state index is 0.448. The summed E-state index contributed by atoms with van der Waals surface area (Å²) in [6.45, 7) is 2.47. The predicted molar refractivity (Wildman–Crippen MR) is 67.7 cm³/mol. The van der Waals surface area contributed by atoms with E-state index in [1.165, 1.54) is 11.3 Å². The lowest BCUT2D eigenvalue weighted by atomic mass is 10.2. The molecule has 3 rings (SSSR count). The topological polar surface area (TPSA) is 64.9 Å². The van der Waals surface area contributed by atoms with Crippen LogP contribution in [0.4, 0.5) is 0 Å². The third kappa shape index (κ3) is 1.83. The Bertz CT molecular complexity index is 671. The molecule has 2 heterocycles. The van der Waals surface area contributed by atoms with Gasteiger partial charge in [0.1, 0.15) is 16.2 Å². The number of fused-ring (bicyclic) bond motifs is 1. The summed E-state index contributed by atoms with van der Waals surface area (Å²) in [6.07, 6.45) is 0. The van der Waals surface area contributed by atoms with Crippen molar-refractivity contribution in [1.82, 2.24) is 9.97 Å². The summed E-state index contributed by atoms with van der Waals surface area (Å²) >= 11 is 1.52. The van der Waals surface area contributed by atoms with E-state index in [0.29, 0.717) is 12.4 Å². The van der Waals surface area contributed by atoms with Gasteiger partial charge in [0.2, 0.25) is 5.89 Å². The third-order valence-electron chi connectivity index (χ3n) is 2.49. The van der Waals surface area contributed by atoms with Crippen molar-refractivity contribution in [3.05, 3.63) is 34.2 Å². The number of aryl methyl sites for hydroxylation is 1. The summed E-state index contributed by atoms with van der Waals surface area (Å²) in [5.74, 6) is 0.557. The Kier molecular flexibility index (Phi) is 2.42. The number of rotatable bonds is 2. The lowest BCUT2D eigenvalue weighted by Crippen LogP contribution is -1.94. The Morgan fingerprint density at radius 3 is 3.00 bits per heavy atom. The molecule has 0 bridgehead atoms. The average molecular weight is 245 g/mol. The van der Waals surface area contributed by atoms with Crippen LogP contribution >= 0.6 is 11.3 Å². The number of nitrogens with two attached hydrogens (primary N) is 1. The maximum atomic E-state index is 5.68. The highest BCUT2D eigenvalue weighted by molar-refractivity contribution is 7.09. The second kappa shape index (κ2) is 3.94. The summed E-state index contributed by atoms with van der Waals surface area (Å²) in [5.41, 5.74) is 9.09. The van der Waals surface area contributed by atoms with Gasteiger partial charge in [0.15, 0.2) is 5.58 Å². The summed E-state index contributed by atoms with van der Waals surface area (Å²) in [7, 11) is 0. The number of oxazole rings is 1. The molecule has 0 fully saturated rings. The summed E-state index contributed by atoms with van der Waals surface area (Å²) < 4.78 is 5.68.